The number of nitrogens with one attached hydrogen (secondary N) is 1. The van der Waals surface area contributed by atoms with E-state index in [1.807, 2.05) is 59.5 Å². The number of rotatable bonds is 8. The molecule has 2 aromatic carbocycles. The van der Waals surface area contributed by atoms with E-state index < -0.39 is 0 Å². The molecule has 3 rings (SSSR count). The number of hydrogen-bond acceptors (Lipinski definition) is 3. The molecular weight excluding hydrogens is 366 g/mol. The molecule has 0 radical (unpaired) electrons. The summed E-state index contributed by atoms with van der Waals surface area (Å²) in [4.78, 5) is 29.0. The van der Waals surface area contributed by atoms with Crippen molar-refractivity contribution in [1.82, 2.24) is 10.2 Å². The van der Waals surface area contributed by atoms with Gasteiger partial charge in [-0.1, -0.05) is 49.7 Å². The number of anilines is 1. The molecule has 1 heterocycles. The van der Waals surface area contributed by atoms with Crippen molar-refractivity contribution in [2.75, 3.05) is 25.1 Å². The highest BCUT2D eigenvalue weighted by atomic mass is 16.5. The molecule has 6 nitrogen and oxygen atoms in total. The maximum absolute atomic E-state index is 12.9. The minimum absolute atomic E-state index is 0.00622. The summed E-state index contributed by atoms with van der Waals surface area (Å²) in [5, 5.41) is 3.06. The lowest BCUT2D eigenvalue weighted by Crippen LogP contribution is -2.45. The number of hydrogen-bond donors (Lipinski definition) is 1. The van der Waals surface area contributed by atoms with Crippen LogP contribution in [0.5, 0.6) is 5.75 Å². The highest BCUT2D eigenvalue weighted by molar-refractivity contribution is 5.97. The van der Waals surface area contributed by atoms with Gasteiger partial charge in [-0.15, -0.1) is 0 Å². The summed E-state index contributed by atoms with van der Waals surface area (Å²) in [5.74, 6) is 0.711. The monoisotopic (exact) mass is 395 g/mol. The average molecular weight is 396 g/mol. The first-order valence-electron chi connectivity index (χ1n) is 10.1. The predicted molar refractivity (Wildman–Crippen MR) is 114 cm³/mol. The molecule has 1 fully saturated rings. The first kappa shape index (κ1) is 20.7. The molecule has 2 aromatic rings. The second-order valence-corrected chi connectivity index (χ2v) is 7.32. The summed E-state index contributed by atoms with van der Waals surface area (Å²) >= 11 is 0. The third-order valence-electron chi connectivity index (χ3n) is 5.10. The SMILES string of the molecule is CCCCN(Cc1ccccc1)C(=O)N[C@H]1CC(=O)N(c2cccc(OC)c2)C1. The summed E-state index contributed by atoms with van der Waals surface area (Å²) in [7, 11) is 1.60. The molecule has 1 N–H and O–H groups in total. The molecule has 29 heavy (non-hydrogen) atoms. The third-order valence-corrected chi connectivity index (χ3v) is 5.10. The Morgan fingerprint density at radius 3 is 2.72 bits per heavy atom. The lowest BCUT2D eigenvalue weighted by Gasteiger charge is -2.25. The lowest BCUT2D eigenvalue weighted by molar-refractivity contribution is -0.117. The van der Waals surface area contributed by atoms with Crippen LogP contribution in [0.15, 0.2) is 54.6 Å². The van der Waals surface area contributed by atoms with Gasteiger partial charge < -0.3 is 19.9 Å². The Morgan fingerprint density at radius 2 is 2.00 bits per heavy atom. The molecule has 6 heteroatoms. The van der Waals surface area contributed by atoms with Crippen molar-refractivity contribution in [3.8, 4) is 5.75 Å². The molecule has 0 bridgehead atoms. The highest BCUT2D eigenvalue weighted by Gasteiger charge is 2.32. The third kappa shape index (κ3) is 5.50. The van der Waals surface area contributed by atoms with Crippen molar-refractivity contribution in [1.29, 1.82) is 0 Å². The summed E-state index contributed by atoms with van der Waals surface area (Å²) < 4.78 is 5.25. The molecule has 0 aliphatic carbocycles. The minimum atomic E-state index is -0.207. The van der Waals surface area contributed by atoms with E-state index in [4.69, 9.17) is 4.74 Å². The lowest BCUT2D eigenvalue weighted by atomic mass is 10.2. The number of nitrogens with zero attached hydrogens (tertiary/aromatic N) is 2. The fourth-order valence-corrected chi connectivity index (χ4v) is 3.50. The largest absolute Gasteiger partial charge is 0.497 e. The Morgan fingerprint density at radius 1 is 1.21 bits per heavy atom. The van der Waals surface area contributed by atoms with Gasteiger partial charge in [0.05, 0.1) is 13.2 Å². The fourth-order valence-electron chi connectivity index (χ4n) is 3.50. The van der Waals surface area contributed by atoms with E-state index in [1.165, 1.54) is 0 Å². The number of unbranched alkanes of at least 4 members (excludes halogenated alkanes) is 1. The summed E-state index contributed by atoms with van der Waals surface area (Å²) in [6.45, 7) is 3.83. The number of amides is 3. The van der Waals surface area contributed by atoms with Crippen LogP contribution in [0.3, 0.4) is 0 Å². The highest BCUT2D eigenvalue weighted by Crippen LogP contribution is 2.25. The Hall–Kier alpha value is -3.02. The molecule has 1 aliphatic rings. The van der Waals surface area contributed by atoms with Crippen molar-refractivity contribution >= 4 is 17.6 Å². The Labute approximate surface area is 172 Å². The van der Waals surface area contributed by atoms with Gasteiger partial charge in [0.25, 0.3) is 0 Å². The van der Waals surface area contributed by atoms with Gasteiger partial charge in [-0.25, -0.2) is 4.79 Å². The standard InChI is InChI=1S/C23H29N3O3/c1-3-4-13-25(16-18-9-6-5-7-10-18)23(28)24-19-14-22(27)26(17-19)20-11-8-12-21(15-20)29-2/h5-12,15,19H,3-4,13-14,16-17H2,1-2H3,(H,24,28)/t19-/m0/s1. The van der Waals surface area contributed by atoms with E-state index in [1.54, 1.807) is 12.0 Å². The molecule has 0 unspecified atom stereocenters. The van der Waals surface area contributed by atoms with Crippen molar-refractivity contribution in [2.45, 2.75) is 38.8 Å². The molecule has 0 aromatic heterocycles. The number of methoxy groups -OCH3 is 1. The van der Waals surface area contributed by atoms with Crippen LogP contribution in [0, 0.1) is 0 Å². The van der Waals surface area contributed by atoms with Crippen LogP contribution in [0.25, 0.3) is 0 Å². The minimum Gasteiger partial charge on any atom is -0.497 e. The Bertz CT molecular complexity index is 825. The summed E-state index contributed by atoms with van der Waals surface area (Å²) in [5.41, 5.74) is 1.89. The zero-order valence-corrected chi connectivity index (χ0v) is 17.1. The van der Waals surface area contributed by atoms with E-state index in [0.29, 0.717) is 31.8 Å². The van der Waals surface area contributed by atoms with Crippen LogP contribution in [0.1, 0.15) is 31.7 Å². The average Bonchev–Trinajstić information content (AvgIpc) is 3.11. The van der Waals surface area contributed by atoms with Crippen molar-refractivity contribution in [3.05, 3.63) is 60.2 Å². The molecule has 154 valence electrons. The molecule has 0 spiro atoms. The first-order chi connectivity index (χ1) is 14.1. The van der Waals surface area contributed by atoms with Crippen LogP contribution in [-0.4, -0.2) is 43.1 Å². The Balaban J connectivity index is 1.64. The number of ether oxygens (including phenoxy) is 1. The van der Waals surface area contributed by atoms with Crippen LogP contribution < -0.4 is 15.0 Å². The maximum Gasteiger partial charge on any atom is 0.317 e. The van der Waals surface area contributed by atoms with Crippen LogP contribution in [0.2, 0.25) is 0 Å². The van der Waals surface area contributed by atoms with Gasteiger partial charge in [-0.3, -0.25) is 4.79 Å². The first-order valence-corrected chi connectivity index (χ1v) is 10.1. The van der Waals surface area contributed by atoms with Crippen LogP contribution in [-0.2, 0) is 11.3 Å². The van der Waals surface area contributed by atoms with Gasteiger partial charge in [0.2, 0.25) is 5.91 Å². The fraction of sp³-hybridized carbons (Fsp3) is 0.391. The van der Waals surface area contributed by atoms with Crippen molar-refractivity contribution < 1.29 is 14.3 Å². The van der Waals surface area contributed by atoms with E-state index >= 15 is 0 Å². The van der Waals surface area contributed by atoms with Gasteiger partial charge in [0.1, 0.15) is 5.75 Å². The zero-order chi connectivity index (χ0) is 20.6. The predicted octanol–water partition coefficient (Wildman–Crippen LogP) is 3.81. The van der Waals surface area contributed by atoms with Gasteiger partial charge in [-0.2, -0.15) is 0 Å². The van der Waals surface area contributed by atoms with Crippen LogP contribution >= 0.6 is 0 Å². The second kappa shape index (κ2) is 9.96. The summed E-state index contributed by atoms with van der Waals surface area (Å²) in [6.07, 6.45) is 2.26. The normalized spacial score (nSPS) is 16.0. The van der Waals surface area contributed by atoms with E-state index in [0.717, 1.165) is 24.1 Å². The molecular formula is C23H29N3O3. The van der Waals surface area contributed by atoms with E-state index in [-0.39, 0.29) is 18.0 Å². The second-order valence-electron chi connectivity index (χ2n) is 7.32. The number of benzene rings is 2. The van der Waals surface area contributed by atoms with Gasteiger partial charge >= 0.3 is 6.03 Å². The van der Waals surface area contributed by atoms with E-state index in [9.17, 15) is 9.59 Å². The molecule has 1 aliphatic heterocycles. The maximum atomic E-state index is 12.9. The number of carbonyl (C=O) groups excluding carboxylic acids is 2. The van der Waals surface area contributed by atoms with Gasteiger partial charge in [0.15, 0.2) is 0 Å². The zero-order valence-electron chi connectivity index (χ0n) is 17.1. The van der Waals surface area contributed by atoms with Gasteiger partial charge in [-0.05, 0) is 24.1 Å². The van der Waals surface area contributed by atoms with Gasteiger partial charge in [0, 0.05) is 37.8 Å². The molecule has 0 saturated carbocycles. The summed E-state index contributed by atoms with van der Waals surface area (Å²) in [6, 6.07) is 17.1. The quantitative estimate of drug-likeness (QED) is 0.739. The molecule has 1 saturated heterocycles. The molecule has 1 atom stereocenters. The Kier molecular flexibility index (Phi) is 7.11. The van der Waals surface area contributed by atoms with Crippen LogP contribution in [0.4, 0.5) is 10.5 Å². The number of urea groups is 1. The smallest absolute Gasteiger partial charge is 0.317 e. The van der Waals surface area contributed by atoms with Crippen molar-refractivity contribution in [3.63, 3.8) is 0 Å². The topological polar surface area (TPSA) is 61.9 Å². The number of carbonyl (C=O) groups is 2. The van der Waals surface area contributed by atoms with Crippen molar-refractivity contribution in [2.24, 2.45) is 0 Å². The molecule has 3 amide bonds. The van der Waals surface area contributed by atoms with E-state index in [2.05, 4.69) is 12.2 Å².